The first kappa shape index (κ1) is 14.2. The molecule has 0 aliphatic rings. The van der Waals surface area contributed by atoms with Crippen LogP contribution in [0.1, 0.15) is 10.7 Å². The van der Waals surface area contributed by atoms with E-state index in [1.54, 1.807) is 23.6 Å². The van der Waals surface area contributed by atoms with Gasteiger partial charge in [-0.3, -0.25) is 4.79 Å². The Morgan fingerprint density at radius 3 is 3.00 bits per heavy atom. The lowest BCUT2D eigenvalue weighted by molar-refractivity contribution is -0.116. The number of thiophene rings is 1. The first-order chi connectivity index (χ1) is 9.65. The summed E-state index contributed by atoms with van der Waals surface area (Å²) in [7, 11) is 3.82. The number of hydrogen-bond acceptors (Lipinski definition) is 5. The Bertz CT molecular complexity index is 593. The SMILES string of the molecule is CN(C)c1ccnc(CNC(=O)/C=C/c2cccs2)n1. The van der Waals surface area contributed by atoms with E-state index in [0.717, 1.165) is 10.7 Å². The average molecular weight is 288 g/mol. The summed E-state index contributed by atoms with van der Waals surface area (Å²) >= 11 is 1.59. The van der Waals surface area contributed by atoms with Crippen molar-refractivity contribution in [3.8, 4) is 0 Å². The van der Waals surface area contributed by atoms with Gasteiger partial charge in [-0.15, -0.1) is 11.3 Å². The van der Waals surface area contributed by atoms with E-state index in [1.807, 2.05) is 42.6 Å². The number of rotatable bonds is 5. The third-order valence-corrected chi connectivity index (χ3v) is 3.35. The second-order valence-corrected chi connectivity index (χ2v) is 5.27. The van der Waals surface area contributed by atoms with Crippen molar-refractivity contribution < 1.29 is 4.79 Å². The molecule has 2 aromatic rings. The normalized spacial score (nSPS) is 10.7. The van der Waals surface area contributed by atoms with Gasteiger partial charge in [-0.25, -0.2) is 9.97 Å². The summed E-state index contributed by atoms with van der Waals surface area (Å²) in [5.74, 6) is 1.25. The van der Waals surface area contributed by atoms with Gasteiger partial charge >= 0.3 is 0 Å². The van der Waals surface area contributed by atoms with Gasteiger partial charge in [0.1, 0.15) is 11.6 Å². The smallest absolute Gasteiger partial charge is 0.244 e. The zero-order valence-corrected chi connectivity index (χ0v) is 12.2. The van der Waals surface area contributed by atoms with Crippen molar-refractivity contribution in [2.75, 3.05) is 19.0 Å². The van der Waals surface area contributed by atoms with E-state index in [0.29, 0.717) is 12.4 Å². The summed E-state index contributed by atoms with van der Waals surface area (Å²) in [6.07, 6.45) is 4.99. The summed E-state index contributed by atoms with van der Waals surface area (Å²) in [6, 6.07) is 5.73. The highest BCUT2D eigenvalue weighted by atomic mass is 32.1. The molecule has 0 spiro atoms. The summed E-state index contributed by atoms with van der Waals surface area (Å²) in [5, 5.41) is 4.73. The van der Waals surface area contributed by atoms with Crippen LogP contribution >= 0.6 is 11.3 Å². The molecule has 0 unspecified atom stereocenters. The highest BCUT2D eigenvalue weighted by Gasteiger charge is 2.02. The van der Waals surface area contributed by atoms with Crippen molar-refractivity contribution in [3.63, 3.8) is 0 Å². The van der Waals surface area contributed by atoms with Gasteiger partial charge in [0.2, 0.25) is 5.91 Å². The minimum Gasteiger partial charge on any atom is -0.363 e. The van der Waals surface area contributed by atoms with Crippen LogP contribution in [0.15, 0.2) is 35.9 Å². The number of hydrogen-bond donors (Lipinski definition) is 1. The fourth-order valence-electron chi connectivity index (χ4n) is 1.49. The van der Waals surface area contributed by atoms with E-state index in [9.17, 15) is 4.79 Å². The molecule has 1 amide bonds. The molecule has 0 aliphatic heterocycles. The Balaban J connectivity index is 1.88. The molecule has 5 nitrogen and oxygen atoms in total. The topological polar surface area (TPSA) is 58.1 Å². The van der Waals surface area contributed by atoms with E-state index >= 15 is 0 Å². The second kappa shape index (κ2) is 6.81. The minimum absolute atomic E-state index is 0.155. The summed E-state index contributed by atoms with van der Waals surface area (Å²) in [4.78, 5) is 23.1. The maximum atomic E-state index is 11.7. The van der Waals surface area contributed by atoms with Crippen LogP contribution in [0.25, 0.3) is 6.08 Å². The van der Waals surface area contributed by atoms with E-state index in [2.05, 4.69) is 15.3 Å². The first-order valence-electron chi connectivity index (χ1n) is 6.14. The highest BCUT2D eigenvalue weighted by Crippen LogP contribution is 2.10. The molecular weight excluding hydrogens is 272 g/mol. The first-order valence-corrected chi connectivity index (χ1v) is 7.02. The Morgan fingerprint density at radius 2 is 2.30 bits per heavy atom. The van der Waals surface area contributed by atoms with Crippen LogP contribution in [0.5, 0.6) is 0 Å². The van der Waals surface area contributed by atoms with Gasteiger partial charge in [-0.2, -0.15) is 0 Å². The predicted molar refractivity (Wildman–Crippen MR) is 81.6 cm³/mol. The van der Waals surface area contributed by atoms with Crippen LogP contribution in [-0.2, 0) is 11.3 Å². The van der Waals surface area contributed by atoms with Crippen LogP contribution in [0, 0.1) is 0 Å². The number of nitrogens with zero attached hydrogens (tertiary/aromatic N) is 3. The molecule has 0 aliphatic carbocycles. The zero-order chi connectivity index (χ0) is 14.4. The summed E-state index contributed by atoms with van der Waals surface area (Å²) in [6.45, 7) is 0.315. The van der Waals surface area contributed by atoms with Crippen molar-refractivity contribution in [2.24, 2.45) is 0 Å². The van der Waals surface area contributed by atoms with Crippen molar-refractivity contribution in [1.82, 2.24) is 15.3 Å². The average Bonchev–Trinajstić information content (AvgIpc) is 2.96. The van der Waals surface area contributed by atoms with E-state index in [-0.39, 0.29) is 5.91 Å². The molecule has 6 heteroatoms. The van der Waals surface area contributed by atoms with Crippen LogP contribution in [0.3, 0.4) is 0 Å². The number of nitrogens with one attached hydrogen (secondary N) is 1. The molecule has 2 heterocycles. The van der Waals surface area contributed by atoms with E-state index in [4.69, 9.17) is 0 Å². The fourth-order valence-corrected chi connectivity index (χ4v) is 2.11. The van der Waals surface area contributed by atoms with E-state index in [1.165, 1.54) is 6.08 Å². The lowest BCUT2D eigenvalue weighted by Gasteiger charge is -2.11. The Labute approximate surface area is 122 Å². The molecule has 0 bridgehead atoms. The van der Waals surface area contributed by atoms with Gasteiger partial charge in [0.05, 0.1) is 6.54 Å². The van der Waals surface area contributed by atoms with Crippen molar-refractivity contribution >= 4 is 29.1 Å². The van der Waals surface area contributed by atoms with Crippen LogP contribution in [0.4, 0.5) is 5.82 Å². The molecular formula is C14H16N4OS. The largest absolute Gasteiger partial charge is 0.363 e. The quantitative estimate of drug-likeness (QED) is 0.854. The Hall–Kier alpha value is -2.21. The van der Waals surface area contributed by atoms with Gasteiger partial charge in [-0.05, 0) is 23.6 Å². The van der Waals surface area contributed by atoms with Gasteiger partial charge in [-0.1, -0.05) is 6.07 Å². The van der Waals surface area contributed by atoms with Crippen LogP contribution in [0.2, 0.25) is 0 Å². The molecule has 2 rings (SSSR count). The number of anilines is 1. The summed E-state index contributed by atoms with van der Waals surface area (Å²) in [5.41, 5.74) is 0. The number of amides is 1. The molecule has 0 atom stereocenters. The minimum atomic E-state index is -0.155. The molecule has 0 aromatic carbocycles. The highest BCUT2D eigenvalue weighted by molar-refractivity contribution is 7.10. The zero-order valence-electron chi connectivity index (χ0n) is 11.4. The van der Waals surface area contributed by atoms with Crippen molar-refractivity contribution in [2.45, 2.75) is 6.54 Å². The maximum absolute atomic E-state index is 11.7. The molecule has 1 N–H and O–H groups in total. The second-order valence-electron chi connectivity index (χ2n) is 4.29. The molecule has 104 valence electrons. The standard InChI is InChI=1S/C14H16N4OS/c1-18(2)13-7-8-15-12(17-13)10-16-14(19)6-5-11-4-3-9-20-11/h3-9H,10H2,1-2H3,(H,16,19)/b6-5+. The van der Waals surface area contributed by atoms with Gasteiger partial charge in [0, 0.05) is 31.2 Å². The van der Waals surface area contributed by atoms with E-state index < -0.39 is 0 Å². The lowest BCUT2D eigenvalue weighted by atomic mass is 10.4. The fraction of sp³-hybridized carbons (Fsp3) is 0.214. The molecule has 20 heavy (non-hydrogen) atoms. The Morgan fingerprint density at radius 1 is 1.45 bits per heavy atom. The van der Waals surface area contributed by atoms with Crippen LogP contribution < -0.4 is 10.2 Å². The summed E-state index contributed by atoms with van der Waals surface area (Å²) < 4.78 is 0. The van der Waals surface area contributed by atoms with Gasteiger partial charge in [0.15, 0.2) is 0 Å². The Kier molecular flexibility index (Phi) is 4.84. The molecule has 0 radical (unpaired) electrons. The lowest BCUT2D eigenvalue weighted by Crippen LogP contribution is -2.22. The third kappa shape index (κ3) is 4.17. The number of carbonyl (C=O) groups is 1. The third-order valence-electron chi connectivity index (χ3n) is 2.51. The predicted octanol–water partition coefficient (Wildman–Crippen LogP) is 1.93. The van der Waals surface area contributed by atoms with Crippen LogP contribution in [-0.4, -0.2) is 30.0 Å². The molecule has 2 aromatic heterocycles. The molecule has 0 saturated heterocycles. The number of carbonyl (C=O) groups excluding carboxylic acids is 1. The monoisotopic (exact) mass is 288 g/mol. The van der Waals surface area contributed by atoms with Gasteiger partial charge in [0.25, 0.3) is 0 Å². The molecule has 0 saturated carbocycles. The number of aromatic nitrogens is 2. The van der Waals surface area contributed by atoms with Crippen molar-refractivity contribution in [1.29, 1.82) is 0 Å². The molecule has 0 fully saturated rings. The van der Waals surface area contributed by atoms with Gasteiger partial charge < -0.3 is 10.2 Å². The maximum Gasteiger partial charge on any atom is 0.244 e. The van der Waals surface area contributed by atoms with Crippen molar-refractivity contribution in [3.05, 3.63) is 46.6 Å².